The van der Waals surface area contributed by atoms with E-state index in [1.54, 1.807) is 21.3 Å². The monoisotopic (exact) mass is 193 g/mol. The third kappa shape index (κ3) is 2.53. The van der Waals surface area contributed by atoms with Crippen LogP contribution in [0.5, 0.6) is 0 Å². The Kier molecular flexibility index (Phi) is 5.69. The van der Waals surface area contributed by atoms with Crippen molar-refractivity contribution in [2.45, 2.75) is 25.4 Å². The average molecular weight is 193 g/mol. The second-order valence-corrected chi connectivity index (χ2v) is 5.78. The molecule has 0 saturated carbocycles. The molecule has 0 fully saturated rings. The molecule has 0 bridgehead atoms. The van der Waals surface area contributed by atoms with Gasteiger partial charge in [0.1, 0.15) is 0 Å². The van der Waals surface area contributed by atoms with Crippen LogP contribution in [-0.2, 0) is 13.3 Å². The third-order valence-corrected chi connectivity index (χ3v) is 4.81. The van der Waals surface area contributed by atoms with Gasteiger partial charge in [0.25, 0.3) is 0 Å². The fourth-order valence-corrected chi connectivity index (χ4v) is 3.24. The van der Waals surface area contributed by atoms with Crippen molar-refractivity contribution in [3.63, 3.8) is 0 Å². The van der Waals surface area contributed by atoms with E-state index >= 15 is 0 Å². The van der Waals surface area contributed by atoms with E-state index in [0.717, 1.165) is 12.8 Å². The molecule has 0 aromatic carbocycles. The molecule has 0 aliphatic heterocycles. The van der Waals surface area contributed by atoms with Gasteiger partial charge in [0, 0.05) is 21.3 Å². The van der Waals surface area contributed by atoms with Crippen molar-refractivity contribution in [1.82, 2.24) is 0 Å². The zero-order valence-electron chi connectivity index (χ0n) is 8.29. The topological polar surface area (TPSA) is 53.7 Å². The van der Waals surface area contributed by atoms with Crippen molar-refractivity contribution in [3.05, 3.63) is 0 Å². The summed E-state index contributed by atoms with van der Waals surface area (Å²) in [5.41, 5.74) is 5.76. The molecule has 0 radical (unpaired) electrons. The molecule has 0 heterocycles. The Morgan fingerprint density at radius 3 is 1.83 bits per heavy atom. The zero-order valence-corrected chi connectivity index (χ0v) is 9.29. The molecule has 12 heavy (non-hydrogen) atoms. The van der Waals surface area contributed by atoms with Gasteiger partial charge in [-0.2, -0.15) is 0 Å². The van der Waals surface area contributed by atoms with E-state index in [-0.39, 0.29) is 5.67 Å². The zero-order chi connectivity index (χ0) is 9.61. The summed E-state index contributed by atoms with van der Waals surface area (Å²) < 4.78 is 15.7. The summed E-state index contributed by atoms with van der Waals surface area (Å²) in [7, 11) is 2.17. The normalized spacial score (nSPS) is 14.8. The lowest BCUT2D eigenvalue weighted by Gasteiger charge is -2.29. The van der Waals surface area contributed by atoms with E-state index in [1.807, 2.05) is 0 Å². The Morgan fingerprint density at radius 1 is 1.17 bits per heavy atom. The maximum Gasteiger partial charge on any atom is 0.517 e. The summed E-state index contributed by atoms with van der Waals surface area (Å²) in [6.45, 7) is 2.07. The van der Waals surface area contributed by atoms with E-state index < -0.39 is 8.80 Å². The second kappa shape index (κ2) is 5.66. The van der Waals surface area contributed by atoms with Crippen LogP contribution in [0.4, 0.5) is 0 Å². The third-order valence-electron chi connectivity index (χ3n) is 1.91. The van der Waals surface area contributed by atoms with Gasteiger partial charge < -0.3 is 19.0 Å². The predicted octanol–water partition coefficient (Wildman–Crippen LogP) is 0.531. The van der Waals surface area contributed by atoms with Crippen molar-refractivity contribution in [2.24, 2.45) is 5.73 Å². The van der Waals surface area contributed by atoms with Gasteiger partial charge in [0.05, 0.1) is 5.67 Å². The summed E-state index contributed by atoms with van der Waals surface area (Å²) in [5.74, 6) is 0. The smallest absolute Gasteiger partial charge is 0.376 e. The van der Waals surface area contributed by atoms with Crippen molar-refractivity contribution >= 4 is 8.80 Å². The molecule has 74 valence electrons. The van der Waals surface area contributed by atoms with Crippen molar-refractivity contribution in [2.75, 3.05) is 21.3 Å². The maximum atomic E-state index is 5.88. The standard InChI is InChI=1S/C7H19NO3Si/c1-5-6-7(8)12(9-2,10-3)11-4/h7H,5-6,8H2,1-4H3. The summed E-state index contributed by atoms with van der Waals surface area (Å²) in [5, 5.41) is 0. The number of hydrogen-bond donors (Lipinski definition) is 1. The van der Waals surface area contributed by atoms with E-state index in [9.17, 15) is 0 Å². The molecule has 0 saturated heterocycles. The highest BCUT2D eigenvalue weighted by Gasteiger charge is 2.44. The lowest BCUT2D eigenvalue weighted by atomic mass is 10.3. The molecular weight excluding hydrogens is 174 g/mol. The first-order valence-corrected chi connectivity index (χ1v) is 5.88. The molecule has 0 aromatic rings. The molecule has 0 amide bonds. The van der Waals surface area contributed by atoms with Crippen LogP contribution in [0.25, 0.3) is 0 Å². The highest BCUT2D eigenvalue weighted by Crippen LogP contribution is 2.13. The van der Waals surface area contributed by atoms with Gasteiger partial charge in [0.2, 0.25) is 0 Å². The predicted molar refractivity (Wildman–Crippen MR) is 49.7 cm³/mol. The fourth-order valence-electron chi connectivity index (χ4n) is 1.19. The van der Waals surface area contributed by atoms with Crippen LogP contribution in [-0.4, -0.2) is 35.8 Å². The number of nitrogens with two attached hydrogens (primary N) is 1. The summed E-state index contributed by atoms with van der Waals surface area (Å²) in [4.78, 5) is 0. The van der Waals surface area contributed by atoms with Crippen molar-refractivity contribution in [1.29, 1.82) is 0 Å². The minimum absolute atomic E-state index is 0.123. The van der Waals surface area contributed by atoms with E-state index in [0.29, 0.717) is 0 Å². The fraction of sp³-hybridized carbons (Fsp3) is 1.00. The van der Waals surface area contributed by atoms with E-state index in [4.69, 9.17) is 19.0 Å². The molecule has 1 atom stereocenters. The highest BCUT2D eigenvalue weighted by atomic mass is 28.4. The second-order valence-electron chi connectivity index (χ2n) is 2.61. The van der Waals surface area contributed by atoms with Crippen LogP contribution in [0.2, 0.25) is 0 Å². The minimum atomic E-state index is -2.56. The molecule has 1 unspecified atom stereocenters. The van der Waals surface area contributed by atoms with E-state index in [2.05, 4.69) is 6.92 Å². The Labute approximate surface area is 75.4 Å². The van der Waals surface area contributed by atoms with Crippen LogP contribution in [0, 0.1) is 0 Å². The van der Waals surface area contributed by atoms with Gasteiger partial charge in [-0.15, -0.1) is 0 Å². The Morgan fingerprint density at radius 2 is 1.58 bits per heavy atom. The Hall–Kier alpha value is 0.0569. The van der Waals surface area contributed by atoms with Crippen LogP contribution in [0.15, 0.2) is 0 Å². The molecule has 0 aliphatic rings. The van der Waals surface area contributed by atoms with E-state index in [1.165, 1.54) is 0 Å². The summed E-state index contributed by atoms with van der Waals surface area (Å²) in [6.07, 6.45) is 1.87. The Balaban J connectivity index is 4.24. The van der Waals surface area contributed by atoms with Crippen LogP contribution >= 0.6 is 0 Å². The minimum Gasteiger partial charge on any atom is -0.376 e. The highest BCUT2D eigenvalue weighted by molar-refractivity contribution is 6.62. The quantitative estimate of drug-likeness (QED) is 0.625. The summed E-state index contributed by atoms with van der Waals surface area (Å²) >= 11 is 0. The maximum absolute atomic E-state index is 5.88. The first-order chi connectivity index (χ1) is 5.66. The van der Waals surface area contributed by atoms with Crippen molar-refractivity contribution < 1.29 is 13.3 Å². The molecule has 0 aromatic heterocycles. The molecule has 2 N–H and O–H groups in total. The molecule has 4 nitrogen and oxygen atoms in total. The summed E-state index contributed by atoms with van der Waals surface area (Å²) in [6, 6.07) is 0. The molecular formula is C7H19NO3Si. The van der Waals surface area contributed by atoms with Crippen molar-refractivity contribution in [3.8, 4) is 0 Å². The van der Waals surface area contributed by atoms with Crippen LogP contribution < -0.4 is 5.73 Å². The van der Waals surface area contributed by atoms with Crippen LogP contribution in [0.1, 0.15) is 19.8 Å². The molecule has 0 spiro atoms. The first-order valence-electron chi connectivity index (χ1n) is 4.07. The van der Waals surface area contributed by atoms with Gasteiger partial charge in [-0.1, -0.05) is 13.3 Å². The number of rotatable bonds is 6. The Bertz CT molecular complexity index is 111. The lowest BCUT2D eigenvalue weighted by molar-refractivity contribution is 0.111. The van der Waals surface area contributed by atoms with Gasteiger partial charge in [-0.3, -0.25) is 0 Å². The van der Waals surface area contributed by atoms with Gasteiger partial charge >= 0.3 is 8.80 Å². The molecule has 0 rings (SSSR count). The van der Waals surface area contributed by atoms with Crippen LogP contribution in [0.3, 0.4) is 0 Å². The largest absolute Gasteiger partial charge is 0.517 e. The molecule has 5 heteroatoms. The van der Waals surface area contributed by atoms with Gasteiger partial charge in [0.15, 0.2) is 0 Å². The SMILES string of the molecule is CCCC(N)[Si](OC)(OC)OC. The van der Waals surface area contributed by atoms with Gasteiger partial charge in [-0.25, -0.2) is 0 Å². The molecule has 0 aliphatic carbocycles. The first kappa shape index (κ1) is 12.1. The van der Waals surface area contributed by atoms with Gasteiger partial charge in [-0.05, 0) is 6.42 Å². The number of hydrogen-bond acceptors (Lipinski definition) is 4. The average Bonchev–Trinajstić information content (AvgIpc) is 2.09. The lowest BCUT2D eigenvalue weighted by Crippen LogP contribution is -2.58.